The number of aromatic nitrogens is 2. The molecule has 124 valence electrons. The number of nitrogens with zero attached hydrogens (tertiary/aromatic N) is 3. The largest absolute Gasteiger partial charge is 0.339 e. The van der Waals surface area contributed by atoms with Crippen LogP contribution in [-0.2, 0) is 6.54 Å². The summed E-state index contributed by atoms with van der Waals surface area (Å²) < 4.78 is 1.63. The number of hydrogen-bond donors (Lipinski definition) is 0. The van der Waals surface area contributed by atoms with Crippen molar-refractivity contribution < 1.29 is 4.79 Å². The van der Waals surface area contributed by atoms with Gasteiger partial charge in [-0.25, -0.2) is 4.68 Å². The van der Waals surface area contributed by atoms with E-state index in [-0.39, 0.29) is 12.5 Å². The van der Waals surface area contributed by atoms with Crippen molar-refractivity contribution >= 4 is 40.7 Å². The molecule has 1 heterocycles. The highest BCUT2D eigenvalue weighted by molar-refractivity contribution is 6.44. The molecule has 0 bridgehead atoms. The predicted molar refractivity (Wildman–Crippen MR) is 94.7 cm³/mol. The van der Waals surface area contributed by atoms with Crippen LogP contribution < -0.4 is 0 Å². The average molecular weight is 375 g/mol. The Hall–Kier alpha value is -1.23. The quantitative estimate of drug-likeness (QED) is 0.740. The summed E-state index contributed by atoms with van der Waals surface area (Å²) in [6.07, 6.45) is 0. The fraction of sp³-hybridized carbons (Fsp3) is 0.375. The molecule has 0 fully saturated rings. The van der Waals surface area contributed by atoms with Crippen LogP contribution in [-0.4, -0.2) is 39.0 Å². The first-order chi connectivity index (χ1) is 10.8. The normalized spacial score (nSPS) is 11.1. The van der Waals surface area contributed by atoms with E-state index in [9.17, 15) is 4.79 Å². The van der Waals surface area contributed by atoms with E-state index >= 15 is 0 Å². The van der Waals surface area contributed by atoms with E-state index in [1.54, 1.807) is 18.7 Å². The van der Waals surface area contributed by atoms with Crippen molar-refractivity contribution in [2.24, 2.45) is 0 Å². The maximum absolute atomic E-state index is 12.5. The highest BCUT2D eigenvalue weighted by atomic mass is 35.5. The van der Waals surface area contributed by atoms with E-state index in [0.717, 1.165) is 5.56 Å². The molecule has 7 heteroatoms. The van der Waals surface area contributed by atoms with Crippen LogP contribution in [0.4, 0.5) is 0 Å². The Balaban J connectivity index is 2.25. The van der Waals surface area contributed by atoms with E-state index in [2.05, 4.69) is 5.10 Å². The van der Waals surface area contributed by atoms with E-state index in [0.29, 0.717) is 23.0 Å². The third-order valence-electron chi connectivity index (χ3n) is 3.49. The van der Waals surface area contributed by atoms with Gasteiger partial charge in [-0.3, -0.25) is 4.79 Å². The molecule has 0 aliphatic rings. The van der Waals surface area contributed by atoms with Gasteiger partial charge in [0.25, 0.3) is 5.91 Å². The maximum atomic E-state index is 12.5. The van der Waals surface area contributed by atoms with Crippen molar-refractivity contribution in [2.75, 3.05) is 13.6 Å². The summed E-state index contributed by atoms with van der Waals surface area (Å²) in [6.45, 7) is 4.52. The molecule has 0 radical (unpaired) electrons. The van der Waals surface area contributed by atoms with Gasteiger partial charge in [0.2, 0.25) is 0 Å². The molecule has 0 spiro atoms. The Morgan fingerprint density at radius 1 is 1.26 bits per heavy atom. The maximum Gasteiger partial charge on any atom is 0.258 e. The second-order valence-corrected chi connectivity index (χ2v) is 7.11. The monoisotopic (exact) mass is 373 g/mol. The summed E-state index contributed by atoms with van der Waals surface area (Å²) in [6, 6.07) is 8.09. The lowest BCUT2D eigenvalue weighted by Crippen LogP contribution is -2.31. The molecule has 0 saturated carbocycles. The van der Waals surface area contributed by atoms with Gasteiger partial charge >= 0.3 is 0 Å². The SMILES string of the molecule is Cc1ccc(Cn2nc(C)c(C(=O)N(C)CC(Cl)Cl)c2Cl)cc1. The number of alkyl halides is 2. The van der Waals surface area contributed by atoms with Crippen molar-refractivity contribution in [3.8, 4) is 0 Å². The van der Waals surface area contributed by atoms with Crippen LogP contribution in [0, 0.1) is 13.8 Å². The topological polar surface area (TPSA) is 38.1 Å². The molecule has 0 unspecified atom stereocenters. The second kappa shape index (κ2) is 7.56. The second-order valence-electron chi connectivity index (χ2n) is 5.47. The molecule has 0 N–H and O–H groups in total. The van der Waals surface area contributed by atoms with Crippen LogP contribution >= 0.6 is 34.8 Å². The molecule has 0 aliphatic heterocycles. The summed E-state index contributed by atoms with van der Waals surface area (Å²) in [5.41, 5.74) is 3.22. The van der Waals surface area contributed by atoms with Gasteiger partial charge < -0.3 is 4.90 Å². The van der Waals surface area contributed by atoms with Gasteiger partial charge in [0.05, 0.1) is 24.3 Å². The van der Waals surface area contributed by atoms with Gasteiger partial charge in [0, 0.05) is 7.05 Å². The summed E-state index contributed by atoms with van der Waals surface area (Å²) >= 11 is 17.8. The molecule has 0 saturated heterocycles. The minimum Gasteiger partial charge on any atom is -0.339 e. The summed E-state index contributed by atoms with van der Waals surface area (Å²) in [5.74, 6) is -0.242. The highest BCUT2D eigenvalue weighted by Gasteiger charge is 2.24. The zero-order chi connectivity index (χ0) is 17.1. The van der Waals surface area contributed by atoms with Crippen molar-refractivity contribution in [3.05, 3.63) is 51.8 Å². The molecule has 1 amide bonds. The lowest BCUT2D eigenvalue weighted by Gasteiger charge is -2.17. The van der Waals surface area contributed by atoms with E-state index in [4.69, 9.17) is 34.8 Å². The number of amides is 1. The smallest absolute Gasteiger partial charge is 0.258 e. The molecule has 0 aliphatic carbocycles. The van der Waals surface area contributed by atoms with E-state index in [1.165, 1.54) is 10.5 Å². The van der Waals surface area contributed by atoms with Crippen molar-refractivity contribution in [1.29, 1.82) is 0 Å². The first-order valence-electron chi connectivity index (χ1n) is 7.11. The van der Waals surface area contributed by atoms with Gasteiger partial charge in [-0.1, -0.05) is 41.4 Å². The third kappa shape index (κ3) is 4.40. The molecular formula is C16H18Cl3N3O. The Bertz CT molecular complexity index is 695. The summed E-state index contributed by atoms with van der Waals surface area (Å²) in [4.78, 5) is 13.3. The minimum absolute atomic E-state index is 0.223. The minimum atomic E-state index is -0.648. The summed E-state index contributed by atoms with van der Waals surface area (Å²) in [7, 11) is 1.63. The van der Waals surface area contributed by atoms with Crippen molar-refractivity contribution in [1.82, 2.24) is 14.7 Å². The standard InChI is InChI=1S/C16H18Cl3N3O/c1-10-4-6-12(7-5-10)8-22-15(19)14(11(2)20-22)16(23)21(3)9-13(17)18/h4-7,13H,8-9H2,1-3H3. The lowest BCUT2D eigenvalue weighted by atomic mass is 10.1. The fourth-order valence-corrected chi connectivity index (χ4v) is 2.98. The fourth-order valence-electron chi connectivity index (χ4n) is 2.25. The van der Waals surface area contributed by atoms with Gasteiger partial charge in [0.1, 0.15) is 9.99 Å². The molecule has 2 aromatic rings. The Labute approximate surface area is 150 Å². The van der Waals surface area contributed by atoms with E-state index < -0.39 is 4.84 Å². The Morgan fingerprint density at radius 2 is 1.87 bits per heavy atom. The first-order valence-corrected chi connectivity index (χ1v) is 8.36. The van der Waals surface area contributed by atoms with Crippen molar-refractivity contribution in [2.45, 2.75) is 25.2 Å². The van der Waals surface area contributed by atoms with Crippen LogP contribution in [0.25, 0.3) is 0 Å². The number of halogens is 3. The van der Waals surface area contributed by atoms with Crippen LogP contribution in [0.15, 0.2) is 24.3 Å². The number of rotatable bonds is 5. The van der Waals surface area contributed by atoms with Crippen molar-refractivity contribution in [3.63, 3.8) is 0 Å². The van der Waals surface area contributed by atoms with E-state index in [1.807, 2.05) is 31.2 Å². The zero-order valence-corrected chi connectivity index (χ0v) is 15.5. The lowest BCUT2D eigenvalue weighted by molar-refractivity contribution is 0.0800. The predicted octanol–water partition coefficient (Wildman–Crippen LogP) is 4.08. The summed E-state index contributed by atoms with van der Waals surface area (Å²) in [5, 5.41) is 4.70. The molecule has 23 heavy (non-hydrogen) atoms. The molecule has 2 rings (SSSR count). The van der Waals surface area contributed by atoms with Crippen LogP contribution in [0.5, 0.6) is 0 Å². The van der Waals surface area contributed by atoms with Gasteiger partial charge in [-0.15, -0.1) is 23.2 Å². The molecule has 4 nitrogen and oxygen atoms in total. The molecule has 1 aromatic heterocycles. The number of aryl methyl sites for hydroxylation is 2. The molecule has 0 atom stereocenters. The van der Waals surface area contributed by atoms with Gasteiger partial charge in [-0.05, 0) is 19.4 Å². The number of benzene rings is 1. The molecule has 1 aromatic carbocycles. The zero-order valence-electron chi connectivity index (χ0n) is 13.2. The Kier molecular flexibility index (Phi) is 5.95. The number of hydrogen-bond acceptors (Lipinski definition) is 2. The van der Waals surface area contributed by atoms with Crippen LogP contribution in [0.3, 0.4) is 0 Å². The third-order valence-corrected chi connectivity index (χ3v) is 4.15. The van der Waals surface area contributed by atoms with Crippen LogP contribution in [0.1, 0.15) is 27.2 Å². The van der Waals surface area contributed by atoms with Gasteiger partial charge in [0.15, 0.2) is 0 Å². The van der Waals surface area contributed by atoms with Gasteiger partial charge in [-0.2, -0.15) is 5.10 Å². The van der Waals surface area contributed by atoms with Crippen LogP contribution in [0.2, 0.25) is 5.15 Å². The number of carbonyl (C=O) groups is 1. The molecular weight excluding hydrogens is 357 g/mol. The first kappa shape index (κ1) is 18.1. The highest BCUT2D eigenvalue weighted by Crippen LogP contribution is 2.23. The number of carbonyl (C=O) groups excluding carboxylic acids is 1. The average Bonchev–Trinajstić information content (AvgIpc) is 2.74. The Morgan fingerprint density at radius 3 is 2.43 bits per heavy atom.